The molecule has 6 heteroatoms. The molecule has 0 atom stereocenters. The summed E-state index contributed by atoms with van der Waals surface area (Å²) < 4.78 is 0.735. The van der Waals surface area contributed by atoms with E-state index in [0.717, 1.165) is 21.2 Å². The van der Waals surface area contributed by atoms with Crippen LogP contribution in [-0.2, 0) is 0 Å². The Morgan fingerprint density at radius 2 is 2.00 bits per heavy atom. The van der Waals surface area contributed by atoms with Crippen molar-refractivity contribution in [3.05, 3.63) is 32.3 Å². The summed E-state index contributed by atoms with van der Waals surface area (Å²) in [6, 6.07) is 3.86. The van der Waals surface area contributed by atoms with Crippen molar-refractivity contribution >= 4 is 55.7 Å². The van der Waals surface area contributed by atoms with Crippen molar-refractivity contribution in [1.82, 2.24) is 4.98 Å². The Bertz CT molecular complexity index is 641. The second-order valence-corrected chi connectivity index (χ2v) is 6.01. The van der Waals surface area contributed by atoms with E-state index >= 15 is 0 Å². The SMILES string of the molecule is NNc1cc(C2CC2)nc2c(Cl)c(Cl)c(Br)cc12. The molecule has 0 bridgehead atoms. The molecule has 0 unspecified atom stereocenters. The van der Waals surface area contributed by atoms with Gasteiger partial charge in [-0.15, -0.1) is 0 Å². The van der Waals surface area contributed by atoms with Gasteiger partial charge in [-0.25, -0.2) is 0 Å². The normalized spacial score (nSPS) is 15.1. The molecule has 1 fully saturated rings. The van der Waals surface area contributed by atoms with E-state index in [1.807, 2.05) is 12.1 Å². The van der Waals surface area contributed by atoms with E-state index in [1.165, 1.54) is 12.8 Å². The van der Waals surface area contributed by atoms with Gasteiger partial charge in [-0.2, -0.15) is 0 Å². The van der Waals surface area contributed by atoms with Crippen LogP contribution >= 0.6 is 39.1 Å². The molecule has 1 aliphatic carbocycles. The number of hydrogen-bond acceptors (Lipinski definition) is 3. The summed E-state index contributed by atoms with van der Waals surface area (Å²) in [7, 11) is 0. The summed E-state index contributed by atoms with van der Waals surface area (Å²) in [5.41, 5.74) is 5.25. The molecule has 3 nitrogen and oxygen atoms in total. The molecule has 3 N–H and O–H groups in total. The van der Waals surface area contributed by atoms with Crippen molar-refractivity contribution in [3.8, 4) is 0 Å². The maximum absolute atomic E-state index is 6.26. The van der Waals surface area contributed by atoms with Gasteiger partial charge in [0.05, 0.1) is 21.2 Å². The Labute approximate surface area is 123 Å². The maximum Gasteiger partial charge on any atom is 0.0928 e. The summed E-state index contributed by atoms with van der Waals surface area (Å²) in [4.78, 5) is 4.61. The number of fused-ring (bicyclic) bond motifs is 1. The Balaban J connectivity index is 2.35. The molecular formula is C12H10BrCl2N3. The minimum atomic E-state index is 0.458. The highest BCUT2D eigenvalue weighted by atomic mass is 79.9. The monoisotopic (exact) mass is 345 g/mol. The van der Waals surface area contributed by atoms with Crippen molar-refractivity contribution in [2.24, 2.45) is 5.84 Å². The lowest BCUT2D eigenvalue weighted by atomic mass is 10.1. The van der Waals surface area contributed by atoms with Crippen LogP contribution in [0, 0.1) is 0 Å². The Morgan fingerprint density at radius 1 is 1.28 bits per heavy atom. The summed E-state index contributed by atoms with van der Waals surface area (Å²) in [5.74, 6) is 6.10. The largest absolute Gasteiger partial charge is 0.323 e. The van der Waals surface area contributed by atoms with E-state index in [1.54, 1.807) is 0 Å². The van der Waals surface area contributed by atoms with Gasteiger partial charge >= 0.3 is 0 Å². The number of hydrogen-bond donors (Lipinski definition) is 2. The summed E-state index contributed by atoms with van der Waals surface area (Å²) in [5, 5.41) is 1.80. The number of pyridine rings is 1. The fourth-order valence-electron chi connectivity index (χ4n) is 1.99. The fraction of sp³-hybridized carbons (Fsp3) is 0.250. The van der Waals surface area contributed by atoms with Gasteiger partial charge in [-0.1, -0.05) is 23.2 Å². The van der Waals surface area contributed by atoms with Crippen LogP contribution in [0.25, 0.3) is 10.9 Å². The van der Waals surface area contributed by atoms with E-state index in [0.29, 0.717) is 21.5 Å². The number of rotatable bonds is 2. The lowest BCUT2D eigenvalue weighted by Crippen LogP contribution is -2.08. The molecule has 1 aromatic heterocycles. The maximum atomic E-state index is 6.26. The number of benzene rings is 1. The van der Waals surface area contributed by atoms with E-state index < -0.39 is 0 Å². The smallest absolute Gasteiger partial charge is 0.0928 e. The number of anilines is 1. The summed E-state index contributed by atoms with van der Waals surface area (Å²) >= 11 is 15.8. The van der Waals surface area contributed by atoms with Crippen LogP contribution in [0.15, 0.2) is 16.6 Å². The number of nitrogen functional groups attached to an aromatic ring is 1. The number of halogens is 3. The second kappa shape index (κ2) is 4.53. The average Bonchev–Trinajstić information content (AvgIpc) is 3.19. The van der Waals surface area contributed by atoms with Crippen molar-refractivity contribution in [2.75, 3.05) is 5.43 Å². The molecule has 1 heterocycles. The molecule has 1 aromatic carbocycles. The standard InChI is InChI=1S/C12H10BrCl2N3/c13-7-3-6-9(18-16)4-8(5-1-2-5)17-12(6)11(15)10(7)14/h3-5H,1-2,16H2,(H,17,18). The Morgan fingerprint density at radius 3 is 2.61 bits per heavy atom. The van der Waals surface area contributed by atoms with Crippen LogP contribution in [0.3, 0.4) is 0 Å². The quantitative estimate of drug-likeness (QED) is 0.479. The number of hydrazine groups is 1. The Hall–Kier alpha value is -0.550. The molecule has 0 aliphatic heterocycles. The van der Waals surface area contributed by atoms with Gasteiger partial charge in [0.25, 0.3) is 0 Å². The number of aromatic nitrogens is 1. The molecule has 94 valence electrons. The van der Waals surface area contributed by atoms with Gasteiger partial charge in [0.1, 0.15) is 0 Å². The predicted octanol–water partition coefficient (Wildman–Crippen LogP) is 4.47. The molecule has 18 heavy (non-hydrogen) atoms. The molecule has 0 spiro atoms. The van der Waals surface area contributed by atoms with Gasteiger partial charge < -0.3 is 5.43 Å². The Kier molecular flexibility index (Phi) is 3.14. The molecule has 0 amide bonds. The molecule has 0 saturated heterocycles. The lowest BCUT2D eigenvalue weighted by Gasteiger charge is -2.11. The first-order chi connectivity index (χ1) is 8.61. The molecule has 1 saturated carbocycles. The zero-order chi connectivity index (χ0) is 12.9. The van der Waals surface area contributed by atoms with Gasteiger partial charge in [0, 0.05) is 21.5 Å². The summed E-state index contributed by atoms with van der Waals surface area (Å²) in [6.07, 6.45) is 2.34. The molecule has 3 rings (SSSR count). The van der Waals surface area contributed by atoms with Crippen molar-refractivity contribution in [2.45, 2.75) is 18.8 Å². The van der Waals surface area contributed by atoms with Crippen molar-refractivity contribution in [3.63, 3.8) is 0 Å². The molecule has 0 radical (unpaired) electrons. The number of nitrogens with two attached hydrogens (primary N) is 1. The highest BCUT2D eigenvalue weighted by Crippen LogP contribution is 2.44. The molecular weight excluding hydrogens is 337 g/mol. The van der Waals surface area contributed by atoms with Gasteiger partial charge in [-0.3, -0.25) is 10.8 Å². The molecule has 1 aliphatic rings. The van der Waals surface area contributed by atoms with Crippen LogP contribution in [0.4, 0.5) is 5.69 Å². The van der Waals surface area contributed by atoms with Crippen LogP contribution < -0.4 is 11.3 Å². The third kappa shape index (κ3) is 1.97. The summed E-state index contributed by atoms with van der Waals surface area (Å²) in [6.45, 7) is 0. The van der Waals surface area contributed by atoms with Gasteiger partial charge in [0.15, 0.2) is 0 Å². The highest BCUT2D eigenvalue weighted by Gasteiger charge is 2.26. The predicted molar refractivity (Wildman–Crippen MR) is 79.2 cm³/mol. The second-order valence-electron chi connectivity index (χ2n) is 4.40. The topological polar surface area (TPSA) is 50.9 Å². The highest BCUT2D eigenvalue weighted by molar-refractivity contribution is 9.10. The van der Waals surface area contributed by atoms with E-state index in [9.17, 15) is 0 Å². The van der Waals surface area contributed by atoms with Gasteiger partial charge in [0.2, 0.25) is 0 Å². The van der Waals surface area contributed by atoms with Crippen molar-refractivity contribution in [1.29, 1.82) is 0 Å². The third-order valence-electron chi connectivity index (χ3n) is 3.11. The first kappa shape index (κ1) is 12.5. The minimum Gasteiger partial charge on any atom is -0.323 e. The average molecular weight is 347 g/mol. The number of nitrogens with zero attached hydrogens (tertiary/aromatic N) is 1. The number of nitrogens with one attached hydrogen (secondary N) is 1. The van der Waals surface area contributed by atoms with Crippen LogP contribution in [0.1, 0.15) is 24.5 Å². The van der Waals surface area contributed by atoms with E-state index in [-0.39, 0.29) is 0 Å². The lowest BCUT2D eigenvalue weighted by molar-refractivity contribution is 1.04. The van der Waals surface area contributed by atoms with E-state index in [2.05, 4.69) is 26.3 Å². The first-order valence-electron chi connectivity index (χ1n) is 5.56. The third-order valence-corrected chi connectivity index (χ3v) is 4.82. The first-order valence-corrected chi connectivity index (χ1v) is 7.11. The van der Waals surface area contributed by atoms with Crippen molar-refractivity contribution < 1.29 is 0 Å². The fourth-order valence-corrected chi connectivity index (χ4v) is 2.93. The molecule has 2 aromatic rings. The van der Waals surface area contributed by atoms with E-state index in [4.69, 9.17) is 29.0 Å². The van der Waals surface area contributed by atoms with Gasteiger partial charge in [-0.05, 0) is 40.9 Å². The zero-order valence-electron chi connectivity index (χ0n) is 9.30. The van der Waals surface area contributed by atoms with Crippen LogP contribution in [-0.4, -0.2) is 4.98 Å². The van der Waals surface area contributed by atoms with Crippen LogP contribution in [0.5, 0.6) is 0 Å². The van der Waals surface area contributed by atoms with Crippen LogP contribution in [0.2, 0.25) is 10.0 Å². The minimum absolute atomic E-state index is 0.458. The zero-order valence-corrected chi connectivity index (χ0v) is 12.4.